The molecule has 2 saturated carbocycles. The van der Waals surface area contributed by atoms with E-state index >= 15 is 0 Å². The Morgan fingerprint density at radius 2 is 1.98 bits per heavy atom. The fraction of sp³-hybridized carbons (Fsp3) is 0.636. The number of aromatic nitrogens is 1. The van der Waals surface area contributed by atoms with Crippen molar-refractivity contribution < 1.29 is 38.4 Å². The Bertz CT molecular complexity index is 1410. The molecule has 234 valence electrons. The summed E-state index contributed by atoms with van der Waals surface area (Å²) < 4.78 is 24.2. The molecule has 10 nitrogen and oxygen atoms in total. The zero-order chi connectivity index (χ0) is 31.2. The second kappa shape index (κ2) is 11.7. The number of fused-ring (bicyclic) bond motifs is 4. The molecular formula is C33H43NO9. The van der Waals surface area contributed by atoms with Gasteiger partial charge in [-0.1, -0.05) is 20.8 Å². The Kier molecular flexibility index (Phi) is 8.48. The molecule has 1 aliphatic heterocycles. The van der Waals surface area contributed by atoms with Crippen LogP contribution in [0.15, 0.2) is 39.8 Å². The molecule has 3 heterocycles. The van der Waals surface area contributed by atoms with E-state index in [0.717, 1.165) is 12.8 Å². The van der Waals surface area contributed by atoms with E-state index in [2.05, 4.69) is 25.8 Å². The lowest BCUT2D eigenvalue weighted by Gasteiger charge is -2.66. The predicted molar refractivity (Wildman–Crippen MR) is 156 cm³/mol. The first kappa shape index (κ1) is 31.2. The van der Waals surface area contributed by atoms with Crippen LogP contribution in [0.4, 0.5) is 0 Å². The van der Waals surface area contributed by atoms with Gasteiger partial charge in [0.1, 0.15) is 28.8 Å². The van der Waals surface area contributed by atoms with E-state index in [9.17, 15) is 24.6 Å². The summed E-state index contributed by atoms with van der Waals surface area (Å²) >= 11 is 0. The van der Waals surface area contributed by atoms with Crippen molar-refractivity contribution in [2.75, 3.05) is 13.2 Å². The molecule has 10 heteroatoms. The monoisotopic (exact) mass is 597 g/mol. The van der Waals surface area contributed by atoms with Gasteiger partial charge in [-0.3, -0.25) is 14.6 Å². The fourth-order valence-electron chi connectivity index (χ4n) is 8.30. The SMILES string of the molecule is CC(=O)OCC1(C)C2C[C@H](OC(=O)CCCCO)[C@@]3(C)Oc4cc(-c5cccnc5)oc(=O)c4[C@H](O)C3[C@@]2(C)CC[C@@H]1C. The average Bonchev–Trinajstić information content (AvgIpc) is 2.95. The van der Waals surface area contributed by atoms with Gasteiger partial charge in [0.05, 0.1) is 12.7 Å². The van der Waals surface area contributed by atoms with Crippen molar-refractivity contribution in [2.24, 2.45) is 28.6 Å². The molecule has 3 aliphatic rings. The van der Waals surface area contributed by atoms with Crippen LogP contribution in [-0.4, -0.2) is 52.1 Å². The van der Waals surface area contributed by atoms with Crippen molar-refractivity contribution in [3.8, 4) is 17.1 Å². The molecular weight excluding hydrogens is 554 g/mol. The molecule has 0 spiro atoms. The van der Waals surface area contributed by atoms with Crippen molar-refractivity contribution in [3.63, 3.8) is 0 Å². The number of rotatable bonds is 8. The number of aliphatic hydroxyl groups is 2. The molecule has 0 aromatic carbocycles. The van der Waals surface area contributed by atoms with Crippen molar-refractivity contribution in [2.45, 2.75) is 91.0 Å². The van der Waals surface area contributed by atoms with Gasteiger partial charge < -0.3 is 28.8 Å². The molecule has 2 aromatic rings. The van der Waals surface area contributed by atoms with Crippen LogP contribution in [-0.2, 0) is 19.1 Å². The first-order chi connectivity index (χ1) is 20.3. The molecule has 2 aliphatic carbocycles. The van der Waals surface area contributed by atoms with Gasteiger partial charge in [-0.05, 0) is 68.4 Å². The second-order valence-corrected chi connectivity index (χ2v) is 13.3. The minimum Gasteiger partial charge on any atom is -0.482 e. The largest absolute Gasteiger partial charge is 0.482 e. The van der Waals surface area contributed by atoms with Crippen LogP contribution >= 0.6 is 0 Å². The summed E-state index contributed by atoms with van der Waals surface area (Å²) in [5.74, 6) is -0.946. The molecule has 0 bridgehead atoms. The molecule has 2 N–H and O–H groups in total. The van der Waals surface area contributed by atoms with Crippen LogP contribution in [0.3, 0.4) is 0 Å². The maximum atomic E-state index is 13.5. The number of carbonyl (C=O) groups is 2. The minimum atomic E-state index is -1.26. The number of carbonyl (C=O) groups excluding carboxylic acids is 2. The topological polar surface area (TPSA) is 145 Å². The number of hydrogen-bond acceptors (Lipinski definition) is 10. The summed E-state index contributed by atoms with van der Waals surface area (Å²) in [5, 5.41) is 21.3. The summed E-state index contributed by atoms with van der Waals surface area (Å²) in [5.41, 5.74) is -2.31. The van der Waals surface area contributed by atoms with Gasteiger partial charge >= 0.3 is 17.6 Å². The smallest absolute Gasteiger partial charge is 0.345 e. The summed E-state index contributed by atoms with van der Waals surface area (Å²) in [6, 6.07) is 5.09. The highest BCUT2D eigenvalue weighted by Crippen LogP contribution is 2.68. The summed E-state index contributed by atoms with van der Waals surface area (Å²) in [6.45, 7) is 9.78. The molecule has 2 aromatic heterocycles. The number of esters is 2. The van der Waals surface area contributed by atoms with Crippen LogP contribution in [0.1, 0.15) is 84.8 Å². The minimum absolute atomic E-state index is 0.0166. The van der Waals surface area contributed by atoms with Gasteiger partial charge in [-0.2, -0.15) is 0 Å². The van der Waals surface area contributed by atoms with Crippen molar-refractivity contribution >= 4 is 11.9 Å². The lowest BCUT2D eigenvalue weighted by molar-refractivity contribution is -0.262. The maximum absolute atomic E-state index is 13.5. The molecule has 3 unspecified atom stereocenters. The van der Waals surface area contributed by atoms with E-state index in [1.165, 1.54) is 6.92 Å². The predicted octanol–water partition coefficient (Wildman–Crippen LogP) is 4.60. The first-order valence-corrected chi connectivity index (χ1v) is 15.2. The fourth-order valence-corrected chi connectivity index (χ4v) is 8.30. The van der Waals surface area contributed by atoms with E-state index < -0.39 is 46.2 Å². The summed E-state index contributed by atoms with van der Waals surface area (Å²) in [6.07, 6.45) is 4.23. The highest BCUT2D eigenvalue weighted by Gasteiger charge is 2.70. The molecule has 8 atom stereocenters. The number of aliphatic hydroxyl groups excluding tert-OH is 2. The number of hydrogen-bond donors (Lipinski definition) is 2. The van der Waals surface area contributed by atoms with E-state index in [1.807, 2.05) is 6.92 Å². The third-order valence-corrected chi connectivity index (χ3v) is 10.7. The van der Waals surface area contributed by atoms with Gasteiger partial charge in [0.15, 0.2) is 0 Å². The molecule has 0 saturated heterocycles. The van der Waals surface area contributed by atoms with Crippen LogP contribution < -0.4 is 10.4 Å². The van der Waals surface area contributed by atoms with Gasteiger partial charge in [-0.15, -0.1) is 0 Å². The molecule has 2 fully saturated rings. The lowest BCUT2D eigenvalue weighted by Crippen LogP contribution is -2.70. The van der Waals surface area contributed by atoms with Gasteiger partial charge in [0.25, 0.3) is 0 Å². The Balaban J connectivity index is 1.62. The second-order valence-electron chi connectivity index (χ2n) is 13.3. The van der Waals surface area contributed by atoms with Gasteiger partial charge in [0, 0.05) is 55.3 Å². The van der Waals surface area contributed by atoms with Gasteiger partial charge in [-0.25, -0.2) is 4.79 Å². The van der Waals surface area contributed by atoms with Crippen molar-refractivity contribution in [1.82, 2.24) is 4.98 Å². The Morgan fingerprint density at radius 3 is 2.65 bits per heavy atom. The van der Waals surface area contributed by atoms with Gasteiger partial charge in [0.2, 0.25) is 0 Å². The normalized spacial score (nSPS) is 34.6. The third kappa shape index (κ3) is 5.37. The Labute approximate surface area is 251 Å². The number of ether oxygens (including phenoxy) is 3. The van der Waals surface area contributed by atoms with Crippen LogP contribution in [0.2, 0.25) is 0 Å². The third-order valence-electron chi connectivity index (χ3n) is 10.7. The van der Waals surface area contributed by atoms with Crippen molar-refractivity contribution in [1.29, 1.82) is 0 Å². The zero-order valence-electron chi connectivity index (χ0n) is 25.6. The summed E-state index contributed by atoms with van der Waals surface area (Å²) in [4.78, 5) is 42.7. The number of unbranched alkanes of at least 4 members (excludes halogenated alkanes) is 1. The average molecular weight is 598 g/mol. The van der Waals surface area contributed by atoms with Crippen molar-refractivity contribution in [3.05, 3.63) is 46.6 Å². The number of pyridine rings is 1. The lowest BCUT2D eigenvalue weighted by atomic mass is 9.41. The van der Waals surface area contributed by atoms with E-state index in [4.69, 9.17) is 18.6 Å². The molecule has 0 radical (unpaired) electrons. The van der Waals surface area contributed by atoms with E-state index in [1.54, 1.807) is 30.6 Å². The highest BCUT2D eigenvalue weighted by atomic mass is 16.6. The molecule has 0 amide bonds. The molecule has 5 rings (SSSR count). The van der Waals surface area contributed by atoms with Crippen LogP contribution in [0.5, 0.6) is 5.75 Å². The van der Waals surface area contributed by atoms with Crippen LogP contribution in [0, 0.1) is 28.6 Å². The maximum Gasteiger partial charge on any atom is 0.345 e. The van der Waals surface area contributed by atoms with E-state index in [-0.39, 0.29) is 54.5 Å². The standard InChI is InChI=1S/C33H43NO9/c1-19-11-12-31(3)24(32(19,4)18-40-20(2)36)16-25(42-26(37)10-6-7-14-35)33(5)29(31)28(38)27-23(43-33)15-22(41-30(27)39)21-9-8-13-34-17-21/h8-9,13,15,17,19,24-25,28-29,35,38H,6-7,10-12,14,16,18H2,1-5H3/t19-,24?,25-,28-,29?,31-,32?,33+/m0/s1. The van der Waals surface area contributed by atoms with Crippen LogP contribution in [0.25, 0.3) is 11.3 Å². The highest BCUT2D eigenvalue weighted by molar-refractivity contribution is 5.69. The molecule has 43 heavy (non-hydrogen) atoms. The van der Waals surface area contributed by atoms with E-state index in [0.29, 0.717) is 24.8 Å². The summed E-state index contributed by atoms with van der Waals surface area (Å²) in [7, 11) is 0. The zero-order valence-corrected chi connectivity index (χ0v) is 25.6. The quantitative estimate of drug-likeness (QED) is 0.327. The Hall–Kier alpha value is -3.24. The first-order valence-electron chi connectivity index (χ1n) is 15.2. The number of nitrogens with zero attached hydrogens (tertiary/aromatic N) is 1. The Morgan fingerprint density at radius 1 is 1.21 bits per heavy atom.